The third-order valence-corrected chi connectivity index (χ3v) is 9.77. The number of rotatable bonds is 9. The normalized spacial score (nSPS) is 12.0. The molecule has 1 aromatic rings. The zero-order valence-electron chi connectivity index (χ0n) is 15.7. The van der Waals surface area contributed by atoms with Crippen molar-refractivity contribution in [2.75, 3.05) is 0 Å². The van der Waals surface area contributed by atoms with Crippen LogP contribution >= 0.6 is 27.8 Å². The zero-order valence-corrected chi connectivity index (χ0v) is 18.7. The molecule has 1 rings (SSSR count). The predicted molar refractivity (Wildman–Crippen MR) is 135 cm³/mol. The van der Waals surface area contributed by atoms with Gasteiger partial charge in [0.1, 0.15) is 0 Å². The third kappa shape index (κ3) is 6.96. The molecule has 1 nitrogen and oxygen atoms in total. The lowest BCUT2D eigenvalue weighted by Crippen LogP contribution is -2.09. The second kappa shape index (κ2) is 15.6. The molecule has 0 radical (unpaired) electrons. The van der Waals surface area contributed by atoms with Crippen LogP contribution in [0.4, 0.5) is 4.70 Å². The van der Waals surface area contributed by atoms with E-state index in [1.54, 1.807) is 0 Å². The molecule has 1 unspecified atom stereocenters. The second-order valence-corrected chi connectivity index (χ2v) is 10.5. The lowest BCUT2D eigenvalue weighted by atomic mass is 10.1. The van der Waals surface area contributed by atoms with E-state index in [0.29, 0.717) is 0 Å². The fourth-order valence-electron chi connectivity index (χ4n) is 3.08. The Labute approximate surface area is 176 Å². The van der Waals surface area contributed by atoms with Gasteiger partial charge in [0.05, 0.1) is 11.4 Å². The molecular formula is C22H40FINP. The number of hydrogen-bond acceptors (Lipinski definition) is 0. The molecule has 26 heavy (non-hydrogen) atoms. The van der Waals surface area contributed by atoms with E-state index in [1.165, 1.54) is 48.2 Å². The van der Waals surface area contributed by atoms with E-state index in [1.807, 2.05) is 6.08 Å². The van der Waals surface area contributed by atoms with Crippen LogP contribution in [-0.2, 0) is 0 Å². The van der Waals surface area contributed by atoms with Crippen LogP contribution in [0, 0.1) is 6.92 Å². The van der Waals surface area contributed by atoms with Crippen molar-refractivity contribution in [3.05, 3.63) is 41.2 Å². The minimum Gasteiger partial charge on any atom is -0.313 e. The highest BCUT2D eigenvalue weighted by atomic mass is 127. The summed E-state index contributed by atoms with van der Waals surface area (Å²) in [5, 5.41) is 0. The van der Waals surface area contributed by atoms with Crippen LogP contribution in [0.2, 0.25) is 0 Å². The first-order valence-electron chi connectivity index (χ1n) is 8.65. The Morgan fingerprint density at radius 3 is 1.92 bits per heavy atom. The van der Waals surface area contributed by atoms with Gasteiger partial charge in [0.15, 0.2) is 0 Å². The Balaban J connectivity index is -0.00000176. The highest BCUT2D eigenvalue weighted by Gasteiger charge is 2.25. The SMILES string of the molecule is C.C.C=Cc1c(/C=C\C)c(C)n(P(I)C(CCC)CCC)c1/C=C\C.F. The van der Waals surface area contributed by atoms with Crippen molar-refractivity contribution in [3.8, 4) is 0 Å². The summed E-state index contributed by atoms with van der Waals surface area (Å²) >= 11 is 2.72. The highest BCUT2D eigenvalue weighted by molar-refractivity contribution is 14.2. The van der Waals surface area contributed by atoms with E-state index in [9.17, 15) is 0 Å². The van der Waals surface area contributed by atoms with Crippen molar-refractivity contribution in [1.29, 1.82) is 0 Å². The van der Waals surface area contributed by atoms with Gasteiger partial charge in [-0.1, -0.05) is 72.4 Å². The van der Waals surface area contributed by atoms with Gasteiger partial charge in [-0.3, -0.25) is 4.70 Å². The van der Waals surface area contributed by atoms with Crippen molar-refractivity contribution >= 4 is 46.0 Å². The summed E-state index contributed by atoms with van der Waals surface area (Å²) in [5.41, 5.74) is 5.82. The fourth-order valence-corrected chi connectivity index (χ4v) is 8.47. The van der Waals surface area contributed by atoms with E-state index in [4.69, 9.17) is 0 Å². The lowest BCUT2D eigenvalue weighted by Gasteiger charge is -2.26. The Hall–Kier alpha value is -0.410. The molecule has 0 N–H and O–H groups in total. The van der Waals surface area contributed by atoms with E-state index >= 15 is 0 Å². The smallest absolute Gasteiger partial charge is 0.0650 e. The Bertz CT molecular complexity index is 569. The molecule has 0 aliphatic rings. The summed E-state index contributed by atoms with van der Waals surface area (Å²) in [6.07, 6.45) is 15.9. The first-order valence-corrected chi connectivity index (χ1v) is 12.8. The zero-order chi connectivity index (χ0) is 17.4. The van der Waals surface area contributed by atoms with Crippen LogP contribution in [0.5, 0.6) is 0 Å². The molecule has 0 aliphatic heterocycles. The summed E-state index contributed by atoms with van der Waals surface area (Å²) in [5.74, 6) is 0. The van der Waals surface area contributed by atoms with Crippen LogP contribution in [0.1, 0.15) is 90.7 Å². The van der Waals surface area contributed by atoms with Crippen molar-refractivity contribution in [2.24, 2.45) is 0 Å². The molecule has 0 fully saturated rings. The number of allylic oxidation sites excluding steroid dienone is 2. The maximum absolute atomic E-state index is 4.07. The molecule has 4 heteroatoms. The minimum atomic E-state index is -0.262. The summed E-state index contributed by atoms with van der Waals surface area (Å²) in [4.78, 5) is 0. The van der Waals surface area contributed by atoms with Gasteiger partial charge in [-0.25, -0.2) is 0 Å². The predicted octanol–water partition coefficient (Wildman–Crippen LogP) is 9.49. The highest BCUT2D eigenvalue weighted by Crippen LogP contribution is 2.57. The first-order chi connectivity index (χ1) is 11.1. The van der Waals surface area contributed by atoms with Gasteiger partial charge in [-0.2, -0.15) is 0 Å². The van der Waals surface area contributed by atoms with Crippen molar-refractivity contribution in [3.63, 3.8) is 0 Å². The molecule has 0 aromatic carbocycles. The van der Waals surface area contributed by atoms with Crippen molar-refractivity contribution in [1.82, 2.24) is 4.34 Å². The molecule has 0 amide bonds. The number of nitrogens with zero attached hydrogens (tertiary/aromatic N) is 1. The quantitative estimate of drug-likeness (QED) is 0.238. The Kier molecular flexibility index (Phi) is 18.2. The second-order valence-electron chi connectivity index (χ2n) is 5.83. The molecule has 152 valence electrons. The monoisotopic (exact) mass is 495 g/mol. The van der Waals surface area contributed by atoms with Crippen LogP contribution < -0.4 is 0 Å². The number of halogens is 2. The molecule has 1 atom stereocenters. The van der Waals surface area contributed by atoms with Gasteiger partial charge in [0.25, 0.3) is 0 Å². The van der Waals surface area contributed by atoms with Crippen LogP contribution in [0.25, 0.3) is 18.2 Å². The average Bonchev–Trinajstić information content (AvgIpc) is 2.79. The molecule has 0 saturated carbocycles. The Morgan fingerprint density at radius 1 is 1.04 bits per heavy atom. The summed E-state index contributed by atoms with van der Waals surface area (Å²) in [6, 6.07) is 0. The van der Waals surface area contributed by atoms with Gasteiger partial charge in [-0.05, 0) is 61.7 Å². The van der Waals surface area contributed by atoms with Gasteiger partial charge >= 0.3 is 0 Å². The third-order valence-electron chi connectivity index (χ3n) is 4.10. The Morgan fingerprint density at radius 2 is 1.54 bits per heavy atom. The number of aromatic nitrogens is 1. The van der Waals surface area contributed by atoms with Crippen LogP contribution in [0.15, 0.2) is 18.7 Å². The molecule has 0 bridgehead atoms. The lowest BCUT2D eigenvalue weighted by molar-refractivity contribution is 0.664. The number of hydrogen-bond donors (Lipinski definition) is 0. The fraction of sp³-hybridized carbons (Fsp3) is 0.545. The standard InChI is InChI=1S/C20H31INP.2CH4.FH/c1-7-12-17(13-8-2)23(21)22-16(6)19(14-9-3)18(11-5)20(22)15-10-4;;;/h9-11,14-15,17H,5,7-8,12-13H2,1-4,6H3;2*1H4;1H/b14-9-,15-10-;;;. The van der Waals surface area contributed by atoms with E-state index in [0.717, 1.165) is 5.66 Å². The summed E-state index contributed by atoms with van der Waals surface area (Å²) in [6.45, 7) is 15.1. The molecule has 0 aliphatic carbocycles. The molecule has 1 aromatic heterocycles. The molecule has 0 saturated heterocycles. The molecule has 0 spiro atoms. The van der Waals surface area contributed by atoms with Crippen molar-refractivity contribution < 1.29 is 4.70 Å². The van der Waals surface area contributed by atoms with Gasteiger partial charge in [0, 0.05) is 22.5 Å². The topological polar surface area (TPSA) is 4.93 Å². The maximum Gasteiger partial charge on any atom is 0.0650 e. The van der Waals surface area contributed by atoms with E-state index in [-0.39, 0.29) is 25.3 Å². The van der Waals surface area contributed by atoms with Gasteiger partial charge in [0.2, 0.25) is 0 Å². The van der Waals surface area contributed by atoms with Crippen LogP contribution in [-0.4, -0.2) is 10.00 Å². The molecule has 1 heterocycles. The van der Waals surface area contributed by atoms with E-state index in [2.05, 4.69) is 91.9 Å². The first kappa shape index (κ1) is 30.3. The summed E-state index contributed by atoms with van der Waals surface area (Å²) < 4.78 is 2.60. The average molecular weight is 495 g/mol. The van der Waals surface area contributed by atoms with E-state index < -0.39 is 0 Å². The maximum atomic E-state index is 4.07. The minimum absolute atomic E-state index is 0. The largest absolute Gasteiger partial charge is 0.313 e. The summed E-state index contributed by atoms with van der Waals surface area (Å²) in [7, 11) is 0. The van der Waals surface area contributed by atoms with Gasteiger partial charge < -0.3 is 4.34 Å². The van der Waals surface area contributed by atoms with Gasteiger partial charge in [-0.15, -0.1) is 0 Å². The van der Waals surface area contributed by atoms with Crippen LogP contribution in [0.3, 0.4) is 0 Å². The molecular weight excluding hydrogens is 455 g/mol. The van der Waals surface area contributed by atoms with Crippen molar-refractivity contribution in [2.45, 2.75) is 80.8 Å².